The van der Waals surface area contributed by atoms with Crippen LogP contribution in [0.1, 0.15) is 33.1 Å². The van der Waals surface area contributed by atoms with E-state index in [1.165, 1.54) is 5.57 Å². The maximum absolute atomic E-state index is 11.2. The lowest BCUT2D eigenvalue weighted by Crippen LogP contribution is -2.26. The molecular weight excluding hydrogens is 328 g/mol. The maximum atomic E-state index is 11.2. The summed E-state index contributed by atoms with van der Waals surface area (Å²) in [5, 5.41) is 2.90. The van der Waals surface area contributed by atoms with Gasteiger partial charge < -0.3 is 10.2 Å². The van der Waals surface area contributed by atoms with Gasteiger partial charge in [0.1, 0.15) is 0 Å². The highest BCUT2D eigenvalue weighted by molar-refractivity contribution is 9.11. The molecule has 1 heterocycles. The van der Waals surface area contributed by atoms with Crippen molar-refractivity contribution in [2.45, 2.75) is 33.1 Å². The Bertz CT molecular complexity index is 517. The van der Waals surface area contributed by atoms with E-state index in [0.29, 0.717) is 5.92 Å². The van der Waals surface area contributed by atoms with Gasteiger partial charge in [0.25, 0.3) is 0 Å². The molecule has 0 aromatic rings. The molecule has 0 aromatic carbocycles. The number of carbonyl (C=O) groups excluding carboxylic acids is 1. The van der Waals surface area contributed by atoms with Crippen LogP contribution in [-0.4, -0.2) is 23.9 Å². The predicted molar refractivity (Wildman–Crippen MR) is 90.7 cm³/mol. The number of hydrogen-bond donors (Lipinski definition) is 1. The Morgan fingerprint density at radius 2 is 2.33 bits per heavy atom. The Labute approximate surface area is 135 Å². The first-order valence-corrected chi connectivity index (χ1v) is 8.27. The second-order valence-corrected chi connectivity index (χ2v) is 6.71. The lowest BCUT2D eigenvalue weighted by molar-refractivity contribution is -0.118. The first-order chi connectivity index (χ1) is 10.0. The van der Waals surface area contributed by atoms with Crippen LogP contribution in [0, 0.1) is 5.92 Å². The van der Waals surface area contributed by atoms with Crippen LogP contribution in [0.2, 0.25) is 0 Å². The number of rotatable bonds is 3. The third-order valence-electron chi connectivity index (χ3n) is 3.69. The summed E-state index contributed by atoms with van der Waals surface area (Å²) in [6.45, 7) is 5.76. The Kier molecular flexibility index (Phi) is 5.85. The van der Waals surface area contributed by atoms with Crippen molar-refractivity contribution in [1.29, 1.82) is 0 Å². The van der Waals surface area contributed by atoms with E-state index in [-0.39, 0.29) is 5.91 Å². The summed E-state index contributed by atoms with van der Waals surface area (Å²) in [7, 11) is 0. The van der Waals surface area contributed by atoms with Gasteiger partial charge >= 0.3 is 0 Å². The molecular formula is C17H23BrN2O. The topological polar surface area (TPSA) is 32.3 Å². The fraction of sp³-hybridized carbons (Fsp3) is 0.471. The van der Waals surface area contributed by atoms with Gasteiger partial charge in [-0.05, 0) is 60.2 Å². The average Bonchev–Trinajstić information content (AvgIpc) is 2.68. The summed E-state index contributed by atoms with van der Waals surface area (Å²) >= 11 is 3.60. The summed E-state index contributed by atoms with van der Waals surface area (Å²) in [4.78, 5) is 13.6. The zero-order valence-corrected chi connectivity index (χ0v) is 14.3. The van der Waals surface area contributed by atoms with Gasteiger partial charge in [0.05, 0.1) is 0 Å². The molecule has 0 saturated carbocycles. The monoisotopic (exact) mass is 350 g/mol. The molecule has 3 nitrogen and oxygen atoms in total. The third-order valence-corrected chi connectivity index (χ3v) is 4.12. The zero-order chi connectivity index (χ0) is 15.2. The van der Waals surface area contributed by atoms with Gasteiger partial charge in [-0.2, -0.15) is 0 Å². The summed E-state index contributed by atoms with van der Waals surface area (Å²) < 4.78 is 1.13. The summed E-state index contributed by atoms with van der Waals surface area (Å²) in [5.41, 5.74) is 2.33. The minimum atomic E-state index is -0.0104. The molecule has 1 atom stereocenters. The Hall–Kier alpha value is -1.29. The number of carbonyl (C=O) groups is 1. The Balaban J connectivity index is 2.02. The van der Waals surface area contributed by atoms with Crippen molar-refractivity contribution in [3.63, 3.8) is 0 Å². The lowest BCUT2D eigenvalue weighted by atomic mass is 10.0. The molecule has 4 heteroatoms. The summed E-state index contributed by atoms with van der Waals surface area (Å²) in [6.07, 6.45) is 14.0. The minimum Gasteiger partial charge on any atom is -0.376 e. The second-order valence-electron chi connectivity index (χ2n) is 5.79. The molecule has 0 fully saturated rings. The van der Waals surface area contributed by atoms with Gasteiger partial charge in [0.2, 0.25) is 5.91 Å². The highest BCUT2D eigenvalue weighted by Crippen LogP contribution is 2.22. The fourth-order valence-corrected chi connectivity index (χ4v) is 3.37. The molecule has 1 N–H and O–H groups in total. The quantitative estimate of drug-likeness (QED) is 0.837. The number of amides is 1. The van der Waals surface area contributed by atoms with Crippen molar-refractivity contribution in [3.05, 3.63) is 46.3 Å². The van der Waals surface area contributed by atoms with Crippen LogP contribution in [0.5, 0.6) is 0 Å². The predicted octanol–water partition coefficient (Wildman–Crippen LogP) is 3.86. The van der Waals surface area contributed by atoms with Crippen LogP contribution in [0.4, 0.5) is 0 Å². The van der Waals surface area contributed by atoms with E-state index in [0.717, 1.165) is 42.5 Å². The summed E-state index contributed by atoms with van der Waals surface area (Å²) in [5.74, 6) is 0.445. The molecule has 1 amide bonds. The lowest BCUT2D eigenvalue weighted by Gasteiger charge is -2.24. The molecule has 2 rings (SSSR count). The number of allylic oxidation sites excluding steroid dienone is 4. The van der Waals surface area contributed by atoms with Crippen LogP contribution in [0.15, 0.2) is 46.3 Å². The van der Waals surface area contributed by atoms with Gasteiger partial charge in [0, 0.05) is 36.4 Å². The second kappa shape index (κ2) is 7.64. The Morgan fingerprint density at radius 3 is 3.10 bits per heavy atom. The molecule has 0 radical (unpaired) electrons. The normalized spacial score (nSPS) is 22.7. The van der Waals surface area contributed by atoms with Crippen LogP contribution in [0.3, 0.4) is 0 Å². The molecule has 1 aliphatic carbocycles. The van der Waals surface area contributed by atoms with Crippen molar-refractivity contribution in [3.8, 4) is 0 Å². The molecule has 21 heavy (non-hydrogen) atoms. The van der Waals surface area contributed by atoms with E-state index >= 15 is 0 Å². The molecule has 114 valence electrons. The molecule has 1 unspecified atom stereocenters. The number of halogens is 1. The average molecular weight is 351 g/mol. The highest BCUT2D eigenvalue weighted by Gasteiger charge is 2.14. The maximum Gasteiger partial charge on any atom is 0.221 e. The van der Waals surface area contributed by atoms with E-state index in [9.17, 15) is 4.79 Å². The van der Waals surface area contributed by atoms with E-state index in [1.54, 1.807) is 6.92 Å². The van der Waals surface area contributed by atoms with Crippen LogP contribution in [0.25, 0.3) is 0 Å². The van der Waals surface area contributed by atoms with E-state index in [4.69, 9.17) is 0 Å². The van der Waals surface area contributed by atoms with Crippen LogP contribution in [-0.2, 0) is 4.79 Å². The van der Waals surface area contributed by atoms with Crippen molar-refractivity contribution < 1.29 is 4.79 Å². The fourth-order valence-electron chi connectivity index (χ4n) is 2.69. The van der Waals surface area contributed by atoms with Gasteiger partial charge in [-0.3, -0.25) is 4.79 Å². The van der Waals surface area contributed by atoms with Crippen LogP contribution < -0.4 is 5.32 Å². The molecule has 0 spiro atoms. The first-order valence-electron chi connectivity index (χ1n) is 7.47. The minimum absolute atomic E-state index is 0.0104. The van der Waals surface area contributed by atoms with E-state index < -0.39 is 0 Å². The largest absolute Gasteiger partial charge is 0.376 e. The summed E-state index contributed by atoms with van der Waals surface area (Å²) in [6, 6.07) is 0. The number of nitrogens with zero attached hydrogens (tertiary/aromatic N) is 1. The molecule has 0 saturated heterocycles. The van der Waals surface area contributed by atoms with Crippen LogP contribution >= 0.6 is 15.9 Å². The number of nitrogens with one attached hydrogen (secondary N) is 1. The van der Waals surface area contributed by atoms with Crippen molar-refractivity contribution in [2.75, 3.05) is 13.1 Å². The van der Waals surface area contributed by atoms with Gasteiger partial charge in [0.15, 0.2) is 0 Å². The molecule has 0 aromatic heterocycles. The van der Waals surface area contributed by atoms with E-state index in [2.05, 4.69) is 57.5 Å². The molecule has 1 aliphatic heterocycles. The standard InChI is InChI=1S/C17H23BrN2O/c1-13-7-8-20(12-16(18)9-13)11-15-5-3-4-6-17(10-15)19-14(2)21/h4,6,9-10,12,15H,3,5,7-8,11H2,1-2H3,(H,19,21). The van der Waals surface area contributed by atoms with E-state index in [1.807, 2.05) is 6.08 Å². The van der Waals surface area contributed by atoms with Gasteiger partial charge in [-0.1, -0.05) is 17.7 Å². The number of hydrogen-bond acceptors (Lipinski definition) is 2. The van der Waals surface area contributed by atoms with Gasteiger partial charge in [-0.15, -0.1) is 0 Å². The molecule has 2 aliphatic rings. The third kappa shape index (κ3) is 5.54. The molecule has 0 bridgehead atoms. The first kappa shape index (κ1) is 16.1. The van der Waals surface area contributed by atoms with Gasteiger partial charge in [-0.25, -0.2) is 0 Å². The smallest absolute Gasteiger partial charge is 0.221 e. The zero-order valence-electron chi connectivity index (χ0n) is 12.7. The van der Waals surface area contributed by atoms with Crippen molar-refractivity contribution >= 4 is 21.8 Å². The SMILES string of the molecule is CC(=O)NC1=CC(CN2C=C(Br)C=C(C)CC2)CCC=C1. The highest BCUT2D eigenvalue weighted by atomic mass is 79.9. The Morgan fingerprint density at radius 1 is 1.52 bits per heavy atom. The van der Waals surface area contributed by atoms with Crippen molar-refractivity contribution in [1.82, 2.24) is 10.2 Å². The van der Waals surface area contributed by atoms with Crippen molar-refractivity contribution in [2.24, 2.45) is 5.92 Å².